The SMILES string of the molecule is CCCc1cccc(C(O)c2cc3sccc3s2)c1. The molecule has 1 atom stereocenters. The molecule has 0 saturated carbocycles. The second-order valence-corrected chi connectivity index (χ2v) is 6.76. The van der Waals surface area contributed by atoms with Crippen molar-refractivity contribution in [3.8, 4) is 0 Å². The number of aliphatic hydroxyl groups excluding tert-OH is 1. The highest BCUT2D eigenvalue weighted by Gasteiger charge is 2.14. The van der Waals surface area contributed by atoms with Crippen molar-refractivity contribution in [2.75, 3.05) is 0 Å². The van der Waals surface area contributed by atoms with Crippen molar-refractivity contribution in [2.24, 2.45) is 0 Å². The highest BCUT2D eigenvalue weighted by atomic mass is 32.1. The molecule has 19 heavy (non-hydrogen) atoms. The van der Waals surface area contributed by atoms with E-state index in [2.05, 4.69) is 36.6 Å². The molecule has 3 heteroatoms. The van der Waals surface area contributed by atoms with Gasteiger partial charge in [-0.05, 0) is 35.1 Å². The molecule has 98 valence electrons. The van der Waals surface area contributed by atoms with E-state index in [-0.39, 0.29) is 0 Å². The third-order valence-electron chi connectivity index (χ3n) is 3.23. The van der Waals surface area contributed by atoms with Crippen LogP contribution in [0.25, 0.3) is 9.40 Å². The van der Waals surface area contributed by atoms with Gasteiger partial charge >= 0.3 is 0 Å². The van der Waals surface area contributed by atoms with E-state index in [9.17, 15) is 5.11 Å². The van der Waals surface area contributed by atoms with Crippen LogP contribution in [0, 0.1) is 0 Å². The number of benzene rings is 1. The van der Waals surface area contributed by atoms with Gasteiger partial charge < -0.3 is 5.11 Å². The zero-order valence-corrected chi connectivity index (χ0v) is 12.4. The van der Waals surface area contributed by atoms with Gasteiger partial charge in [-0.3, -0.25) is 0 Å². The summed E-state index contributed by atoms with van der Waals surface area (Å²) in [5, 5.41) is 12.6. The van der Waals surface area contributed by atoms with Crippen LogP contribution < -0.4 is 0 Å². The Morgan fingerprint density at radius 3 is 2.84 bits per heavy atom. The Morgan fingerprint density at radius 2 is 2.05 bits per heavy atom. The van der Waals surface area contributed by atoms with Crippen molar-refractivity contribution in [1.82, 2.24) is 0 Å². The maximum atomic E-state index is 10.5. The fraction of sp³-hybridized carbons (Fsp3) is 0.250. The predicted octanol–water partition coefficient (Wildman–Crippen LogP) is 5.00. The zero-order valence-electron chi connectivity index (χ0n) is 10.8. The van der Waals surface area contributed by atoms with Crippen molar-refractivity contribution < 1.29 is 5.11 Å². The van der Waals surface area contributed by atoms with Crippen molar-refractivity contribution in [2.45, 2.75) is 25.9 Å². The van der Waals surface area contributed by atoms with Crippen LogP contribution in [-0.4, -0.2) is 5.11 Å². The van der Waals surface area contributed by atoms with E-state index in [1.165, 1.54) is 15.0 Å². The van der Waals surface area contributed by atoms with Gasteiger partial charge in [0.25, 0.3) is 0 Å². The monoisotopic (exact) mass is 288 g/mol. The molecule has 1 unspecified atom stereocenters. The normalized spacial score (nSPS) is 12.9. The first-order chi connectivity index (χ1) is 9.28. The minimum Gasteiger partial charge on any atom is -0.383 e. The van der Waals surface area contributed by atoms with E-state index >= 15 is 0 Å². The van der Waals surface area contributed by atoms with Gasteiger partial charge in [0.05, 0.1) is 0 Å². The molecule has 1 aromatic carbocycles. The number of thiophene rings is 2. The Labute approximate surface area is 121 Å². The van der Waals surface area contributed by atoms with Crippen LogP contribution in [0.15, 0.2) is 41.8 Å². The Kier molecular flexibility index (Phi) is 3.69. The molecule has 0 amide bonds. The summed E-state index contributed by atoms with van der Waals surface area (Å²) in [6.45, 7) is 2.18. The van der Waals surface area contributed by atoms with Gasteiger partial charge in [-0.15, -0.1) is 22.7 Å². The first-order valence-corrected chi connectivity index (χ1v) is 8.21. The van der Waals surface area contributed by atoms with E-state index in [0.29, 0.717) is 0 Å². The fourth-order valence-corrected chi connectivity index (χ4v) is 4.42. The van der Waals surface area contributed by atoms with Gasteiger partial charge in [-0.2, -0.15) is 0 Å². The van der Waals surface area contributed by atoms with E-state index in [1.807, 2.05) is 12.1 Å². The molecular formula is C16H16OS2. The van der Waals surface area contributed by atoms with E-state index < -0.39 is 6.10 Å². The Morgan fingerprint density at radius 1 is 1.16 bits per heavy atom. The second kappa shape index (κ2) is 5.45. The largest absolute Gasteiger partial charge is 0.383 e. The van der Waals surface area contributed by atoms with Crippen LogP contribution in [0.3, 0.4) is 0 Å². The van der Waals surface area contributed by atoms with Gasteiger partial charge in [0.1, 0.15) is 6.10 Å². The number of aliphatic hydroxyl groups is 1. The van der Waals surface area contributed by atoms with Gasteiger partial charge in [0.15, 0.2) is 0 Å². The van der Waals surface area contributed by atoms with Crippen molar-refractivity contribution >= 4 is 32.1 Å². The fourth-order valence-electron chi connectivity index (χ4n) is 2.29. The van der Waals surface area contributed by atoms with Crippen LogP contribution in [0.2, 0.25) is 0 Å². The number of aryl methyl sites for hydroxylation is 1. The molecule has 0 radical (unpaired) electrons. The second-order valence-electron chi connectivity index (χ2n) is 4.70. The van der Waals surface area contributed by atoms with Crippen LogP contribution >= 0.6 is 22.7 Å². The Hall–Kier alpha value is -1.16. The summed E-state index contributed by atoms with van der Waals surface area (Å²) < 4.78 is 2.53. The lowest BCUT2D eigenvalue weighted by molar-refractivity contribution is 0.224. The summed E-state index contributed by atoms with van der Waals surface area (Å²) >= 11 is 3.42. The highest BCUT2D eigenvalue weighted by molar-refractivity contribution is 7.26. The third kappa shape index (κ3) is 2.59. The van der Waals surface area contributed by atoms with Gasteiger partial charge in [-0.1, -0.05) is 37.6 Å². The molecule has 0 saturated heterocycles. The summed E-state index contributed by atoms with van der Waals surface area (Å²) in [5.74, 6) is 0. The molecule has 0 bridgehead atoms. The van der Waals surface area contributed by atoms with Gasteiger partial charge in [0.2, 0.25) is 0 Å². The van der Waals surface area contributed by atoms with Crippen LogP contribution in [-0.2, 0) is 6.42 Å². The van der Waals surface area contributed by atoms with Gasteiger partial charge in [-0.25, -0.2) is 0 Å². The lowest BCUT2D eigenvalue weighted by atomic mass is 10.0. The maximum Gasteiger partial charge on any atom is 0.113 e. The first-order valence-electron chi connectivity index (χ1n) is 6.52. The molecule has 0 spiro atoms. The molecule has 1 N–H and O–H groups in total. The summed E-state index contributed by atoms with van der Waals surface area (Å²) in [6, 6.07) is 12.5. The molecule has 3 rings (SSSR count). The minimum atomic E-state index is -0.499. The lowest BCUT2D eigenvalue weighted by Gasteiger charge is -2.10. The molecule has 1 nitrogen and oxygen atoms in total. The smallest absolute Gasteiger partial charge is 0.113 e. The van der Waals surface area contributed by atoms with Crippen LogP contribution in [0.4, 0.5) is 0 Å². The third-order valence-corrected chi connectivity index (χ3v) is 5.38. The first kappa shape index (κ1) is 12.9. The van der Waals surface area contributed by atoms with Crippen molar-refractivity contribution in [1.29, 1.82) is 0 Å². The standard InChI is InChI=1S/C16H16OS2/c1-2-4-11-5-3-6-12(9-11)16(17)15-10-14-13(19-15)7-8-18-14/h3,5-10,16-17H,2,4H2,1H3. The average molecular weight is 288 g/mol. The molecule has 3 aromatic rings. The van der Waals surface area contributed by atoms with Gasteiger partial charge in [0, 0.05) is 14.3 Å². The summed E-state index contributed by atoms with van der Waals surface area (Å²) in [5.41, 5.74) is 2.30. The topological polar surface area (TPSA) is 20.2 Å². The number of rotatable bonds is 4. The molecule has 0 aliphatic heterocycles. The average Bonchev–Trinajstić information content (AvgIpc) is 2.99. The number of fused-ring (bicyclic) bond motifs is 1. The number of hydrogen-bond donors (Lipinski definition) is 1. The molecule has 2 heterocycles. The molecule has 0 fully saturated rings. The lowest BCUT2D eigenvalue weighted by Crippen LogP contribution is -1.98. The maximum absolute atomic E-state index is 10.5. The molecule has 2 aromatic heterocycles. The van der Waals surface area contributed by atoms with Crippen molar-refractivity contribution in [3.63, 3.8) is 0 Å². The Balaban J connectivity index is 1.92. The van der Waals surface area contributed by atoms with Crippen molar-refractivity contribution in [3.05, 3.63) is 57.8 Å². The number of hydrogen-bond acceptors (Lipinski definition) is 3. The van der Waals surface area contributed by atoms with E-state index in [1.54, 1.807) is 22.7 Å². The minimum absolute atomic E-state index is 0.499. The van der Waals surface area contributed by atoms with E-state index in [0.717, 1.165) is 23.3 Å². The quantitative estimate of drug-likeness (QED) is 0.716. The molecule has 0 aliphatic carbocycles. The highest BCUT2D eigenvalue weighted by Crippen LogP contribution is 2.35. The summed E-state index contributed by atoms with van der Waals surface area (Å²) in [7, 11) is 0. The Bertz CT molecular complexity index is 652. The summed E-state index contributed by atoms with van der Waals surface area (Å²) in [6.07, 6.45) is 1.70. The predicted molar refractivity (Wildman–Crippen MR) is 84.2 cm³/mol. The molecular weight excluding hydrogens is 272 g/mol. The zero-order chi connectivity index (χ0) is 13.2. The van der Waals surface area contributed by atoms with E-state index in [4.69, 9.17) is 0 Å². The molecule has 0 aliphatic rings. The van der Waals surface area contributed by atoms with Crippen LogP contribution in [0.5, 0.6) is 0 Å². The van der Waals surface area contributed by atoms with Crippen LogP contribution in [0.1, 0.15) is 35.5 Å². The summed E-state index contributed by atoms with van der Waals surface area (Å²) in [4.78, 5) is 1.04.